The highest BCUT2D eigenvalue weighted by atomic mass is 31.2. The van der Waals surface area contributed by atoms with Gasteiger partial charge in [-0.1, -0.05) is 36.4 Å². The Morgan fingerprint density at radius 2 is 1.47 bits per heavy atom. The molecule has 0 bridgehead atoms. The van der Waals surface area contributed by atoms with Gasteiger partial charge in [-0.25, -0.2) is 0 Å². The molecule has 0 amide bonds. The molecule has 19 heavy (non-hydrogen) atoms. The summed E-state index contributed by atoms with van der Waals surface area (Å²) in [5.41, 5.74) is 1.94. The first-order chi connectivity index (χ1) is 9.38. The Morgan fingerprint density at radius 3 is 2.05 bits per heavy atom. The average molecular weight is 276 g/mol. The van der Waals surface area contributed by atoms with Crippen molar-refractivity contribution in [2.75, 3.05) is 13.9 Å². The summed E-state index contributed by atoms with van der Waals surface area (Å²) in [6.45, 7) is 0.308. The van der Waals surface area contributed by atoms with E-state index in [-0.39, 0.29) is 0 Å². The summed E-state index contributed by atoms with van der Waals surface area (Å²) in [6, 6.07) is 15.6. The molecule has 1 aliphatic heterocycles. The third-order valence-electron chi connectivity index (χ3n) is 2.77. The van der Waals surface area contributed by atoms with Crippen LogP contribution in [0, 0.1) is 0 Å². The Balaban J connectivity index is 1.98. The third kappa shape index (κ3) is 2.56. The van der Waals surface area contributed by atoms with Crippen LogP contribution in [0.5, 0.6) is 11.5 Å². The van der Waals surface area contributed by atoms with Crippen molar-refractivity contribution in [1.29, 1.82) is 0 Å². The monoisotopic (exact) mass is 276 g/mol. The Morgan fingerprint density at radius 1 is 0.895 bits per heavy atom. The summed E-state index contributed by atoms with van der Waals surface area (Å²) in [5, 5.41) is 0. The molecule has 0 spiro atoms. The number of ether oxygens (including phenoxy) is 1. The molecular weight excluding hydrogens is 263 g/mol. The van der Waals surface area contributed by atoms with Crippen LogP contribution in [0.1, 0.15) is 0 Å². The summed E-state index contributed by atoms with van der Waals surface area (Å²) in [4.78, 5) is 0. The van der Waals surface area contributed by atoms with E-state index in [0.717, 1.165) is 22.6 Å². The topological polar surface area (TPSA) is 36.9 Å². The van der Waals surface area contributed by atoms with Crippen molar-refractivity contribution in [2.45, 2.75) is 0 Å². The van der Waals surface area contributed by atoms with Gasteiger partial charge >= 0.3 is 8.60 Å². The zero-order chi connectivity index (χ0) is 13.1. The second kappa shape index (κ2) is 5.57. The molecular formula is C14H13O4P. The molecule has 1 heterocycles. The van der Waals surface area contributed by atoms with E-state index in [1.165, 1.54) is 0 Å². The number of rotatable bonds is 4. The molecule has 5 heteroatoms. The van der Waals surface area contributed by atoms with Gasteiger partial charge in [0.1, 0.15) is 11.5 Å². The van der Waals surface area contributed by atoms with E-state index < -0.39 is 8.60 Å². The first-order valence-electron chi connectivity index (χ1n) is 5.85. The van der Waals surface area contributed by atoms with Gasteiger partial charge in [-0.15, -0.1) is 0 Å². The first-order valence-corrected chi connectivity index (χ1v) is 6.94. The van der Waals surface area contributed by atoms with Crippen LogP contribution in [0.3, 0.4) is 0 Å². The first kappa shape index (κ1) is 12.4. The fourth-order valence-corrected chi connectivity index (χ4v) is 2.48. The summed E-state index contributed by atoms with van der Waals surface area (Å²) in [6.07, 6.45) is 0. The molecule has 0 radical (unpaired) electrons. The molecule has 4 nitrogen and oxygen atoms in total. The predicted octanol–water partition coefficient (Wildman–Crippen LogP) is 3.97. The van der Waals surface area contributed by atoms with Crippen LogP contribution >= 0.6 is 8.60 Å². The lowest BCUT2D eigenvalue weighted by molar-refractivity contribution is 0.0109. The van der Waals surface area contributed by atoms with Crippen molar-refractivity contribution in [3.05, 3.63) is 48.5 Å². The van der Waals surface area contributed by atoms with Crippen LogP contribution in [-0.4, -0.2) is 13.9 Å². The predicted molar refractivity (Wildman–Crippen MR) is 73.0 cm³/mol. The van der Waals surface area contributed by atoms with Crippen LogP contribution in [0.25, 0.3) is 11.1 Å². The summed E-state index contributed by atoms with van der Waals surface area (Å²) >= 11 is 0. The minimum Gasteiger partial charge on any atom is -0.496 e. The lowest BCUT2D eigenvalue weighted by Crippen LogP contribution is -2.10. The average Bonchev–Trinajstić information content (AvgIpc) is 2.43. The Kier molecular flexibility index (Phi) is 3.65. The van der Waals surface area contributed by atoms with Crippen molar-refractivity contribution >= 4 is 8.60 Å². The van der Waals surface area contributed by atoms with Gasteiger partial charge in [-0.3, -0.25) is 9.05 Å². The molecule has 0 atom stereocenters. The van der Waals surface area contributed by atoms with E-state index in [4.69, 9.17) is 18.3 Å². The van der Waals surface area contributed by atoms with Crippen molar-refractivity contribution in [2.24, 2.45) is 0 Å². The zero-order valence-corrected chi connectivity index (χ0v) is 11.3. The van der Waals surface area contributed by atoms with Gasteiger partial charge < -0.3 is 9.26 Å². The van der Waals surface area contributed by atoms with Crippen LogP contribution in [0.4, 0.5) is 0 Å². The Hall–Kier alpha value is -1.61. The van der Waals surface area contributed by atoms with E-state index in [0.29, 0.717) is 6.79 Å². The van der Waals surface area contributed by atoms with Gasteiger partial charge in [-0.05, 0) is 12.1 Å². The molecule has 1 saturated heterocycles. The van der Waals surface area contributed by atoms with Gasteiger partial charge in [0.15, 0.2) is 6.79 Å². The maximum absolute atomic E-state index is 5.70. The van der Waals surface area contributed by atoms with Crippen molar-refractivity contribution in [3.63, 3.8) is 0 Å². The maximum atomic E-state index is 5.70. The lowest BCUT2D eigenvalue weighted by Gasteiger charge is -2.24. The fourth-order valence-electron chi connectivity index (χ4n) is 1.86. The highest BCUT2D eigenvalue weighted by Gasteiger charge is 2.25. The number of para-hydroxylation sites is 2. The maximum Gasteiger partial charge on any atom is 0.401 e. The minimum atomic E-state index is -1.24. The summed E-state index contributed by atoms with van der Waals surface area (Å²) < 4.78 is 21.4. The van der Waals surface area contributed by atoms with E-state index >= 15 is 0 Å². The van der Waals surface area contributed by atoms with Gasteiger partial charge in [0, 0.05) is 11.1 Å². The quantitative estimate of drug-likeness (QED) is 0.792. The smallest absolute Gasteiger partial charge is 0.401 e. The SMILES string of the molecule is COc1ccccc1-c1ccccc1OP1OCO1. The largest absolute Gasteiger partial charge is 0.496 e. The molecule has 0 aromatic heterocycles. The van der Waals surface area contributed by atoms with Crippen molar-refractivity contribution < 1.29 is 18.3 Å². The van der Waals surface area contributed by atoms with Crippen LogP contribution in [0.15, 0.2) is 48.5 Å². The molecule has 1 fully saturated rings. The molecule has 98 valence electrons. The normalized spacial score (nSPS) is 14.8. The van der Waals surface area contributed by atoms with Crippen LogP contribution < -0.4 is 9.26 Å². The Labute approximate surface area is 112 Å². The highest BCUT2D eigenvalue weighted by Crippen LogP contribution is 2.50. The zero-order valence-electron chi connectivity index (χ0n) is 10.4. The van der Waals surface area contributed by atoms with Gasteiger partial charge in [0.25, 0.3) is 0 Å². The van der Waals surface area contributed by atoms with E-state index in [2.05, 4.69) is 0 Å². The molecule has 3 rings (SSSR count). The second-order valence-corrected chi connectivity index (χ2v) is 5.03. The molecule has 2 aromatic carbocycles. The van der Waals surface area contributed by atoms with Crippen molar-refractivity contribution in [3.8, 4) is 22.6 Å². The van der Waals surface area contributed by atoms with E-state index in [1.807, 2.05) is 48.5 Å². The molecule has 0 saturated carbocycles. The number of methoxy groups -OCH3 is 1. The fraction of sp³-hybridized carbons (Fsp3) is 0.143. The number of benzene rings is 2. The van der Waals surface area contributed by atoms with Gasteiger partial charge in [0.2, 0.25) is 0 Å². The van der Waals surface area contributed by atoms with Gasteiger partial charge in [-0.2, -0.15) is 0 Å². The molecule has 2 aromatic rings. The molecule has 0 N–H and O–H groups in total. The molecule has 0 unspecified atom stereocenters. The standard InChI is InChI=1S/C14H13O4P/c1-15-13-8-4-2-6-11(13)12-7-3-5-9-14(12)18-19-16-10-17-19/h2-9H,10H2,1H3. The van der Waals surface area contributed by atoms with Gasteiger partial charge in [0.05, 0.1) is 7.11 Å². The lowest BCUT2D eigenvalue weighted by atomic mass is 10.0. The number of hydrogen-bond donors (Lipinski definition) is 0. The van der Waals surface area contributed by atoms with E-state index in [1.54, 1.807) is 7.11 Å². The van der Waals surface area contributed by atoms with Crippen LogP contribution in [0.2, 0.25) is 0 Å². The minimum absolute atomic E-state index is 0.308. The molecule has 1 aliphatic rings. The summed E-state index contributed by atoms with van der Waals surface area (Å²) in [7, 11) is 0.422. The van der Waals surface area contributed by atoms with E-state index in [9.17, 15) is 0 Å². The third-order valence-corrected chi connectivity index (χ3v) is 3.75. The van der Waals surface area contributed by atoms with Crippen molar-refractivity contribution in [1.82, 2.24) is 0 Å². The number of hydrogen-bond acceptors (Lipinski definition) is 4. The molecule has 0 aliphatic carbocycles. The highest BCUT2D eigenvalue weighted by molar-refractivity contribution is 7.43. The Bertz CT molecular complexity index is 569. The second-order valence-electron chi connectivity index (χ2n) is 3.89. The summed E-state index contributed by atoms with van der Waals surface area (Å²) in [5.74, 6) is 1.54. The van der Waals surface area contributed by atoms with Crippen LogP contribution in [-0.2, 0) is 9.05 Å².